The summed E-state index contributed by atoms with van der Waals surface area (Å²) in [5.41, 5.74) is 6.91. The summed E-state index contributed by atoms with van der Waals surface area (Å²) < 4.78 is 18.5. The van der Waals surface area contributed by atoms with Gasteiger partial charge in [0.15, 0.2) is 22.3 Å². The lowest BCUT2D eigenvalue weighted by molar-refractivity contribution is -0.115. The van der Waals surface area contributed by atoms with Crippen LogP contribution in [0.5, 0.6) is 11.5 Å². The van der Waals surface area contributed by atoms with E-state index in [-0.39, 0.29) is 5.91 Å². The summed E-state index contributed by atoms with van der Waals surface area (Å²) in [6.45, 7) is 9.14. The molecular formula is C31H30N4O5S2. The Bertz CT molecular complexity index is 1860. The Morgan fingerprint density at radius 1 is 1.07 bits per heavy atom. The second-order valence-electron chi connectivity index (χ2n) is 10.2. The van der Waals surface area contributed by atoms with E-state index >= 15 is 0 Å². The van der Waals surface area contributed by atoms with Crippen molar-refractivity contribution in [3.05, 3.63) is 64.0 Å². The van der Waals surface area contributed by atoms with E-state index in [1.54, 1.807) is 0 Å². The molecule has 2 aromatic carbocycles. The Hall–Kier alpha value is -4.09. The molecule has 1 unspecified atom stereocenters. The highest BCUT2D eigenvalue weighted by Gasteiger charge is 2.27. The summed E-state index contributed by atoms with van der Waals surface area (Å²) in [5.74, 6) is 0.505. The van der Waals surface area contributed by atoms with Gasteiger partial charge in [0.05, 0.1) is 17.9 Å². The number of nitrogens with zero attached hydrogens (tertiary/aromatic N) is 3. The Balaban J connectivity index is 1.32. The van der Waals surface area contributed by atoms with E-state index in [9.17, 15) is 9.59 Å². The van der Waals surface area contributed by atoms with Gasteiger partial charge in [-0.15, -0.1) is 21.5 Å². The number of amides is 1. The Labute approximate surface area is 251 Å². The molecule has 1 amide bonds. The van der Waals surface area contributed by atoms with Crippen molar-refractivity contribution in [1.82, 2.24) is 14.6 Å². The van der Waals surface area contributed by atoms with E-state index in [1.165, 1.54) is 35.8 Å². The lowest BCUT2D eigenvalue weighted by Gasteiger charge is -2.19. The van der Waals surface area contributed by atoms with Gasteiger partial charge in [-0.25, -0.2) is 4.79 Å². The van der Waals surface area contributed by atoms with Crippen LogP contribution in [0.25, 0.3) is 27.7 Å². The number of benzene rings is 2. The first-order valence-corrected chi connectivity index (χ1v) is 15.4. The van der Waals surface area contributed by atoms with Crippen molar-refractivity contribution in [3.8, 4) is 22.6 Å². The van der Waals surface area contributed by atoms with E-state index in [2.05, 4.69) is 48.4 Å². The zero-order valence-electron chi connectivity index (χ0n) is 23.9. The van der Waals surface area contributed by atoms with E-state index < -0.39 is 11.2 Å². The maximum absolute atomic E-state index is 13.7. The van der Waals surface area contributed by atoms with Crippen LogP contribution in [0.3, 0.4) is 0 Å². The number of anilines is 1. The normalized spacial score (nSPS) is 13.4. The largest absolute Gasteiger partial charge is 0.486 e. The molecule has 0 aliphatic carbocycles. The molecule has 9 nitrogen and oxygen atoms in total. The summed E-state index contributed by atoms with van der Waals surface area (Å²) in [6, 6.07) is 11.9. The van der Waals surface area contributed by atoms with Crippen LogP contribution in [0.4, 0.5) is 5.00 Å². The summed E-state index contributed by atoms with van der Waals surface area (Å²) in [7, 11) is 1.33. The number of ether oxygens (including phenoxy) is 3. The number of fused-ring (bicyclic) bond motifs is 4. The van der Waals surface area contributed by atoms with Crippen LogP contribution in [-0.4, -0.2) is 52.0 Å². The summed E-state index contributed by atoms with van der Waals surface area (Å²) in [5, 5.41) is 15.4. The Morgan fingerprint density at radius 3 is 2.62 bits per heavy atom. The standard InChI is InChI=1S/C31H30N4O5S2/c1-6-24(42-31-34-33-25-13-17(3)20-12-16(2)11-18(4)27(20)35(25)31)28(36)32-29-26(30(37)38-5)21(15-41-29)19-7-8-22-23(14-19)40-10-9-39-22/h7-8,11-15,24H,6,9-10H2,1-5H3,(H,32,36). The first-order chi connectivity index (χ1) is 20.3. The van der Waals surface area contributed by atoms with Gasteiger partial charge in [0.2, 0.25) is 5.91 Å². The van der Waals surface area contributed by atoms with Crippen molar-refractivity contribution in [1.29, 1.82) is 0 Å². The minimum absolute atomic E-state index is 0.232. The maximum Gasteiger partial charge on any atom is 0.341 e. The smallest absolute Gasteiger partial charge is 0.341 e. The lowest BCUT2D eigenvalue weighted by atomic mass is 10.0. The first kappa shape index (κ1) is 28.0. The van der Waals surface area contributed by atoms with Gasteiger partial charge >= 0.3 is 5.97 Å². The average molecular weight is 603 g/mol. The van der Waals surface area contributed by atoms with Gasteiger partial charge in [0.1, 0.15) is 23.8 Å². The number of thiophene rings is 1. The van der Waals surface area contributed by atoms with E-state index in [0.29, 0.717) is 52.4 Å². The molecule has 1 atom stereocenters. The van der Waals surface area contributed by atoms with Crippen LogP contribution in [-0.2, 0) is 9.53 Å². The number of nitrogens with one attached hydrogen (secondary N) is 1. The highest BCUT2D eigenvalue weighted by Crippen LogP contribution is 2.41. The number of carbonyl (C=O) groups is 2. The quantitative estimate of drug-likeness (QED) is 0.164. The van der Waals surface area contributed by atoms with Crippen molar-refractivity contribution in [2.45, 2.75) is 44.5 Å². The van der Waals surface area contributed by atoms with Gasteiger partial charge in [-0.05, 0) is 68.1 Å². The molecule has 1 aliphatic rings. The minimum Gasteiger partial charge on any atom is -0.486 e. The van der Waals surface area contributed by atoms with Crippen molar-refractivity contribution >= 4 is 56.5 Å². The number of aromatic nitrogens is 3. The number of carbonyl (C=O) groups excluding carboxylic acids is 2. The van der Waals surface area contributed by atoms with Gasteiger partial charge in [0.25, 0.3) is 0 Å². The van der Waals surface area contributed by atoms with Gasteiger partial charge in [-0.2, -0.15) is 0 Å². The fourth-order valence-electron chi connectivity index (χ4n) is 5.31. The first-order valence-electron chi connectivity index (χ1n) is 13.6. The van der Waals surface area contributed by atoms with Crippen molar-refractivity contribution < 1.29 is 23.8 Å². The molecule has 1 N–H and O–H groups in total. The molecule has 0 spiro atoms. The molecule has 0 saturated carbocycles. The molecule has 42 heavy (non-hydrogen) atoms. The average Bonchev–Trinajstić information content (AvgIpc) is 3.58. The monoisotopic (exact) mass is 602 g/mol. The van der Waals surface area contributed by atoms with Crippen LogP contribution >= 0.6 is 23.1 Å². The van der Waals surface area contributed by atoms with Crippen molar-refractivity contribution in [3.63, 3.8) is 0 Å². The highest BCUT2D eigenvalue weighted by atomic mass is 32.2. The predicted octanol–water partition coefficient (Wildman–Crippen LogP) is 6.60. The summed E-state index contributed by atoms with van der Waals surface area (Å²) in [6.07, 6.45) is 0.543. The third-order valence-electron chi connectivity index (χ3n) is 7.28. The van der Waals surface area contributed by atoms with Crippen LogP contribution in [0.15, 0.2) is 46.9 Å². The zero-order chi connectivity index (χ0) is 29.5. The molecule has 5 aromatic rings. The highest BCUT2D eigenvalue weighted by molar-refractivity contribution is 8.00. The van der Waals surface area contributed by atoms with Crippen molar-refractivity contribution in [2.24, 2.45) is 0 Å². The third-order valence-corrected chi connectivity index (χ3v) is 9.48. The number of hydrogen-bond acceptors (Lipinski definition) is 9. The fourth-order valence-corrected chi connectivity index (χ4v) is 7.24. The molecule has 0 bridgehead atoms. The summed E-state index contributed by atoms with van der Waals surface area (Å²) >= 11 is 2.64. The molecule has 6 rings (SSSR count). The van der Waals surface area contributed by atoms with E-state index in [4.69, 9.17) is 14.2 Å². The second-order valence-corrected chi connectivity index (χ2v) is 12.2. The minimum atomic E-state index is -0.534. The van der Waals surface area contributed by atoms with Gasteiger partial charge in [-0.1, -0.05) is 36.4 Å². The third kappa shape index (κ3) is 4.96. The molecule has 3 aromatic heterocycles. The van der Waals surface area contributed by atoms with Crippen molar-refractivity contribution in [2.75, 3.05) is 25.6 Å². The predicted molar refractivity (Wildman–Crippen MR) is 165 cm³/mol. The summed E-state index contributed by atoms with van der Waals surface area (Å²) in [4.78, 5) is 26.6. The van der Waals surface area contributed by atoms with Gasteiger partial charge < -0.3 is 19.5 Å². The van der Waals surface area contributed by atoms with Gasteiger partial charge in [0, 0.05) is 16.3 Å². The SMILES string of the molecule is CCC(Sc1nnc2cc(C)c3cc(C)cc(C)c3n12)C(=O)Nc1scc(-c2ccc3c(c2)OCCO3)c1C(=O)OC. The number of rotatable bonds is 7. The molecule has 4 heterocycles. The van der Waals surface area contributed by atoms with Gasteiger partial charge in [-0.3, -0.25) is 9.20 Å². The molecule has 216 valence electrons. The maximum atomic E-state index is 13.7. The van der Waals surface area contributed by atoms with E-state index in [1.807, 2.05) is 41.0 Å². The lowest BCUT2D eigenvalue weighted by Crippen LogP contribution is -2.25. The topological polar surface area (TPSA) is 104 Å². The molecule has 11 heteroatoms. The van der Waals surface area contributed by atoms with Crippen LogP contribution in [0, 0.1) is 20.8 Å². The number of pyridine rings is 1. The second kappa shape index (κ2) is 11.3. The zero-order valence-corrected chi connectivity index (χ0v) is 25.6. The molecular weight excluding hydrogens is 572 g/mol. The number of aryl methyl sites for hydroxylation is 3. The molecule has 1 aliphatic heterocycles. The molecule has 0 fully saturated rings. The number of esters is 1. The molecule has 0 radical (unpaired) electrons. The number of hydrogen-bond donors (Lipinski definition) is 1. The number of methoxy groups -OCH3 is 1. The van der Waals surface area contributed by atoms with E-state index in [0.717, 1.165) is 33.2 Å². The number of thioether (sulfide) groups is 1. The molecule has 0 saturated heterocycles. The Kier molecular flexibility index (Phi) is 7.54. The Morgan fingerprint density at radius 2 is 1.86 bits per heavy atom. The fraction of sp³-hybridized carbons (Fsp3) is 0.290. The van der Waals surface area contributed by atoms with Crippen LogP contribution < -0.4 is 14.8 Å². The van der Waals surface area contributed by atoms with Crippen LogP contribution in [0.1, 0.15) is 40.4 Å². The van der Waals surface area contributed by atoms with Crippen LogP contribution in [0.2, 0.25) is 0 Å².